The number of hydrogen-bond acceptors (Lipinski definition) is 2. The number of benzene rings is 1. The van der Waals surface area contributed by atoms with Gasteiger partial charge in [0.15, 0.2) is 5.75 Å². The van der Waals surface area contributed by atoms with Gasteiger partial charge >= 0.3 is 6.36 Å². The predicted molar refractivity (Wildman–Crippen MR) is 59.7 cm³/mol. The molecule has 1 aliphatic heterocycles. The second-order valence-corrected chi connectivity index (χ2v) is 4.44. The van der Waals surface area contributed by atoms with Gasteiger partial charge in [-0.3, -0.25) is 4.79 Å². The number of para-hydroxylation sites is 2. The highest BCUT2D eigenvalue weighted by molar-refractivity contribution is 6.24. The van der Waals surface area contributed by atoms with Crippen LogP contribution in [0.2, 0.25) is 0 Å². The van der Waals surface area contributed by atoms with Gasteiger partial charge in [0.1, 0.15) is 0 Å². The first-order valence-corrected chi connectivity index (χ1v) is 5.59. The Morgan fingerprint density at radius 3 is 2.56 bits per heavy atom. The lowest BCUT2D eigenvalue weighted by molar-refractivity contribution is -0.274. The zero-order valence-corrected chi connectivity index (χ0v) is 9.83. The summed E-state index contributed by atoms with van der Waals surface area (Å²) < 4.78 is 40.6. The molecule has 98 valence electrons. The Kier molecular flexibility index (Phi) is 3.38. The van der Waals surface area contributed by atoms with E-state index in [9.17, 15) is 18.0 Å². The van der Waals surface area contributed by atoms with E-state index in [-0.39, 0.29) is 24.6 Å². The molecule has 1 saturated heterocycles. The largest absolute Gasteiger partial charge is 0.573 e. The number of rotatable bonds is 2. The molecule has 0 saturated carbocycles. The highest BCUT2D eigenvalue weighted by Crippen LogP contribution is 2.35. The minimum Gasteiger partial charge on any atom is -0.404 e. The van der Waals surface area contributed by atoms with Gasteiger partial charge in [0, 0.05) is 13.0 Å². The Labute approximate surface area is 106 Å². The molecule has 0 spiro atoms. The Morgan fingerprint density at radius 1 is 1.33 bits per heavy atom. The fourth-order valence-electron chi connectivity index (χ4n) is 1.79. The number of ether oxygens (including phenoxy) is 1. The minimum atomic E-state index is -4.79. The van der Waals surface area contributed by atoms with Crippen LogP contribution in [0.1, 0.15) is 6.42 Å². The van der Waals surface area contributed by atoms with Crippen molar-refractivity contribution in [1.29, 1.82) is 0 Å². The molecule has 0 aliphatic carbocycles. The summed E-state index contributed by atoms with van der Waals surface area (Å²) >= 11 is 5.81. The molecule has 1 amide bonds. The Morgan fingerprint density at radius 2 is 2.00 bits per heavy atom. The lowest BCUT2D eigenvalue weighted by Gasteiger charge is -2.20. The molecule has 0 aromatic heterocycles. The summed E-state index contributed by atoms with van der Waals surface area (Å²) in [5.41, 5.74) is 0.0861. The van der Waals surface area contributed by atoms with Crippen LogP contribution in [-0.4, -0.2) is 24.2 Å². The smallest absolute Gasteiger partial charge is 0.404 e. The summed E-state index contributed by atoms with van der Waals surface area (Å²) in [6, 6.07) is 5.50. The van der Waals surface area contributed by atoms with Gasteiger partial charge in [0.25, 0.3) is 0 Å². The highest BCUT2D eigenvalue weighted by Gasteiger charge is 2.35. The normalized spacial score (nSPS) is 20.3. The van der Waals surface area contributed by atoms with Crippen molar-refractivity contribution in [2.24, 2.45) is 0 Å². The lowest BCUT2D eigenvalue weighted by Crippen LogP contribution is -2.26. The molecular formula is C11H9ClF3NO2. The van der Waals surface area contributed by atoms with Crippen LogP contribution in [0.3, 0.4) is 0 Å². The third kappa shape index (κ3) is 2.87. The average Bonchev–Trinajstić information content (AvgIpc) is 2.56. The molecule has 1 aromatic carbocycles. The Hall–Kier alpha value is -1.43. The van der Waals surface area contributed by atoms with Crippen LogP contribution in [-0.2, 0) is 4.79 Å². The molecule has 1 fully saturated rings. The molecule has 3 nitrogen and oxygen atoms in total. The third-order valence-electron chi connectivity index (χ3n) is 2.46. The van der Waals surface area contributed by atoms with Gasteiger partial charge in [0.2, 0.25) is 5.91 Å². The van der Waals surface area contributed by atoms with Crippen molar-refractivity contribution in [3.05, 3.63) is 24.3 Å². The Balaban J connectivity index is 2.30. The maximum absolute atomic E-state index is 12.2. The molecule has 0 radical (unpaired) electrons. The van der Waals surface area contributed by atoms with E-state index in [2.05, 4.69) is 4.74 Å². The molecule has 18 heavy (non-hydrogen) atoms. The van der Waals surface area contributed by atoms with E-state index in [0.717, 1.165) is 6.07 Å². The van der Waals surface area contributed by atoms with E-state index in [1.54, 1.807) is 0 Å². The molecule has 0 N–H and O–H groups in total. The van der Waals surface area contributed by atoms with Gasteiger partial charge in [-0.1, -0.05) is 12.1 Å². The number of amides is 1. The predicted octanol–water partition coefficient (Wildman–Crippen LogP) is 2.93. The quantitative estimate of drug-likeness (QED) is 0.779. The first-order valence-electron chi connectivity index (χ1n) is 5.16. The molecule has 1 unspecified atom stereocenters. The highest BCUT2D eigenvalue weighted by atomic mass is 35.5. The molecule has 0 bridgehead atoms. The van der Waals surface area contributed by atoms with E-state index >= 15 is 0 Å². The summed E-state index contributed by atoms with van der Waals surface area (Å²) in [5.74, 6) is -0.711. The van der Waals surface area contributed by atoms with Crippen molar-refractivity contribution >= 4 is 23.2 Å². The number of hydrogen-bond donors (Lipinski definition) is 0. The molecule has 1 atom stereocenters. The fourth-order valence-corrected chi connectivity index (χ4v) is 2.06. The van der Waals surface area contributed by atoms with E-state index < -0.39 is 17.5 Å². The second-order valence-electron chi connectivity index (χ2n) is 3.82. The topological polar surface area (TPSA) is 29.5 Å². The van der Waals surface area contributed by atoms with Gasteiger partial charge in [-0.05, 0) is 12.1 Å². The van der Waals surface area contributed by atoms with Crippen LogP contribution in [0, 0.1) is 0 Å². The number of anilines is 1. The van der Waals surface area contributed by atoms with Crippen LogP contribution in [0.5, 0.6) is 5.75 Å². The van der Waals surface area contributed by atoms with Crippen LogP contribution >= 0.6 is 11.6 Å². The number of alkyl halides is 4. The van der Waals surface area contributed by atoms with Crippen molar-refractivity contribution in [2.45, 2.75) is 18.2 Å². The summed E-state index contributed by atoms with van der Waals surface area (Å²) in [5, 5.41) is -0.392. The third-order valence-corrected chi connectivity index (χ3v) is 2.75. The van der Waals surface area contributed by atoms with Crippen molar-refractivity contribution < 1.29 is 22.7 Å². The zero-order valence-electron chi connectivity index (χ0n) is 9.08. The van der Waals surface area contributed by atoms with E-state index in [4.69, 9.17) is 11.6 Å². The van der Waals surface area contributed by atoms with Crippen molar-refractivity contribution in [1.82, 2.24) is 0 Å². The first kappa shape index (κ1) is 13.0. The number of carbonyl (C=O) groups excluding carboxylic acids is 1. The van der Waals surface area contributed by atoms with Gasteiger partial charge in [-0.15, -0.1) is 24.8 Å². The Bertz CT molecular complexity index is 464. The minimum absolute atomic E-state index is 0.0861. The van der Waals surface area contributed by atoms with Gasteiger partial charge < -0.3 is 9.64 Å². The first-order chi connectivity index (χ1) is 8.37. The van der Waals surface area contributed by atoms with Crippen LogP contribution in [0.15, 0.2) is 24.3 Å². The molecular weight excluding hydrogens is 271 g/mol. The summed E-state index contributed by atoms with van der Waals surface area (Å²) in [6.45, 7) is 0.179. The summed E-state index contributed by atoms with van der Waals surface area (Å²) in [4.78, 5) is 12.8. The standard InChI is InChI=1S/C11H9ClF3NO2/c12-7-5-10(17)16(6-7)8-3-1-2-4-9(8)18-11(13,14)15/h1-4,7H,5-6H2. The number of carbonyl (C=O) groups is 1. The molecule has 2 rings (SSSR count). The molecule has 1 heterocycles. The zero-order chi connectivity index (χ0) is 13.3. The van der Waals surface area contributed by atoms with Crippen LogP contribution in [0.25, 0.3) is 0 Å². The van der Waals surface area contributed by atoms with E-state index in [1.165, 1.54) is 23.1 Å². The number of halogens is 4. The number of nitrogens with zero attached hydrogens (tertiary/aromatic N) is 1. The van der Waals surface area contributed by atoms with Gasteiger partial charge in [-0.2, -0.15) is 0 Å². The molecule has 7 heteroatoms. The van der Waals surface area contributed by atoms with E-state index in [1.807, 2.05) is 0 Å². The maximum Gasteiger partial charge on any atom is 0.573 e. The van der Waals surface area contributed by atoms with Crippen molar-refractivity contribution in [3.8, 4) is 5.75 Å². The average molecular weight is 280 g/mol. The second kappa shape index (κ2) is 4.68. The molecule has 1 aliphatic rings. The van der Waals surface area contributed by atoms with Gasteiger partial charge in [-0.25, -0.2) is 0 Å². The monoisotopic (exact) mass is 279 g/mol. The summed E-state index contributed by atoms with van der Waals surface area (Å²) in [6.07, 6.45) is -4.68. The van der Waals surface area contributed by atoms with E-state index in [0.29, 0.717) is 0 Å². The fraction of sp³-hybridized carbons (Fsp3) is 0.364. The van der Waals surface area contributed by atoms with Crippen LogP contribution < -0.4 is 9.64 Å². The summed E-state index contributed by atoms with van der Waals surface area (Å²) in [7, 11) is 0. The molecule has 1 aromatic rings. The van der Waals surface area contributed by atoms with Crippen molar-refractivity contribution in [2.75, 3.05) is 11.4 Å². The van der Waals surface area contributed by atoms with Crippen LogP contribution in [0.4, 0.5) is 18.9 Å². The van der Waals surface area contributed by atoms with Crippen molar-refractivity contribution in [3.63, 3.8) is 0 Å². The SMILES string of the molecule is O=C1CC(Cl)CN1c1ccccc1OC(F)(F)F. The lowest BCUT2D eigenvalue weighted by atomic mass is 10.2. The maximum atomic E-state index is 12.2. The van der Waals surface area contributed by atoms with Gasteiger partial charge in [0.05, 0.1) is 11.1 Å².